The summed E-state index contributed by atoms with van der Waals surface area (Å²) in [5, 5.41) is 2.97. The summed E-state index contributed by atoms with van der Waals surface area (Å²) in [5.74, 6) is -0.133. The molecule has 1 aliphatic rings. The van der Waals surface area contributed by atoms with Crippen molar-refractivity contribution in [2.24, 2.45) is 4.99 Å². The fourth-order valence-corrected chi connectivity index (χ4v) is 3.15. The minimum atomic E-state index is -0.133. The Balaban J connectivity index is 1.39. The van der Waals surface area contributed by atoms with Gasteiger partial charge >= 0.3 is 0 Å². The number of carbonyl (C=O) groups is 1. The largest absolute Gasteiger partial charge is 0.322 e. The van der Waals surface area contributed by atoms with Crippen LogP contribution in [0.4, 0.5) is 5.69 Å². The van der Waals surface area contributed by atoms with Crippen LogP contribution in [0, 0.1) is 0 Å². The third-order valence-corrected chi connectivity index (χ3v) is 4.65. The highest BCUT2D eigenvalue weighted by Gasteiger charge is 2.16. The normalized spacial score (nSPS) is 15.0. The van der Waals surface area contributed by atoms with Gasteiger partial charge in [0.1, 0.15) is 12.4 Å². The third kappa shape index (κ3) is 3.00. The van der Waals surface area contributed by atoms with Crippen molar-refractivity contribution in [3.8, 4) is 5.69 Å². The van der Waals surface area contributed by atoms with Crippen LogP contribution in [-0.2, 0) is 0 Å². The van der Waals surface area contributed by atoms with Gasteiger partial charge in [-0.05, 0) is 48.0 Å². The molecular weight excluding hydrogens is 336 g/mol. The zero-order chi connectivity index (χ0) is 18.2. The molecule has 5 rings (SSSR count). The van der Waals surface area contributed by atoms with Crippen molar-refractivity contribution in [1.82, 2.24) is 9.55 Å². The van der Waals surface area contributed by atoms with Crippen molar-refractivity contribution < 1.29 is 4.79 Å². The Hall–Kier alpha value is -3.73. The Morgan fingerprint density at radius 1 is 0.963 bits per heavy atom. The molecule has 2 heterocycles. The maximum atomic E-state index is 12.6. The fourth-order valence-electron chi connectivity index (χ4n) is 3.15. The predicted octanol–water partition coefficient (Wildman–Crippen LogP) is 4.40. The fraction of sp³-hybridized carbons (Fsp3) is 0.0455. The number of nitrogens with zero attached hydrogens (tertiary/aromatic N) is 3. The quantitative estimate of drug-likeness (QED) is 0.592. The first-order valence-corrected chi connectivity index (χ1v) is 8.75. The molecule has 3 aromatic carbocycles. The van der Waals surface area contributed by atoms with Gasteiger partial charge in [-0.15, -0.1) is 0 Å². The highest BCUT2D eigenvalue weighted by atomic mass is 16.1. The van der Waals surface area contributed by atoms with E-state index in [0.717, 1.165) is 28.0 Å². The number of imidazole rings is 1. The summed E-state index contributed by atoms with van der Waals surface area (Å²) in [4.78, 5) is 21.1. The van der Waals surface area contributed by atoms with Crippen molar-refractivity contribution in [2.75, 3.05) is 5.32 Å². The van der Waals surface area contributed by atoms with Crippen LogP contribution in [0.3, 0.4) is 0 Å². The Morgan fingerprint density at radius 2 is 1.78 bits per heavy atom. The average Bonchev–Trinajstić information content (AvgIpc) is 3.47. The standard InChI is InChI=1S/C22H16N4O/c27-22(16-10-8-15(9-11-16)20-13-23-20)25-17-4-3-5-18(12-17)26-14-24-19-6-1-2-7-21(19)26/h1-14,20H,(H,25,27). The second-order valence-corrected chi connectivity index (χ2v) is 6.47. The van der Waals surface area contributed by atoms with Gasteiger partial charge in [0.25, 0.3) is 5.91 Å². The number of carbonyl (C=O) groups excluding carboxylic acids is 1. The number of fused-ring (bicyclic) bond motifs is 1. The van der Waals surface area contributed by atoms with Gasteiger partial charge in [0.05, 0.1) is 11.0 Å². The predicted molar refractivity (Wildman–Crippen MR) is 107 cm³/mol. The monoisotopic (exact) mass is 352 g/mol. The van der Waals surface area contributed by atoms with Crippen LogP contribution in [0.2, 0.25) is 0 Å². The Kier molecular flexibility index (Phi) is 3.57. The maximum absolute atomic E-state index is 12.6. The van der Waals surface area contributed by atoms with E-state index in [-0.39, 0.29) is 11.9 Å². The van der Waals surface area contributed by atoms with Crippen molar-refractivity contribution in [2.45, 2.75) is 6.04 Å². The van der Waals surface area contributed by atoms with Crippen LogP contribution in [0.1, 0.15) is 22.0 Å². The van der Waals surface area contributed by atoms with Gasteiger partial charge in [-0.2, -0.15) is 0 Å². The number of aliphatic imine (C=N–C) groups is 1. The molecule has 5 heteroatoms. The number of benzene rings is 3. The molecule has 0 aliphatic carbocycles. The van der Waals surface area contributed by atoms with E-state index in [1.54, 1.807) is 6.33 Å². The van der Waals surface area contributed by atoms with Crippen LogP contribution in [-0.4, -0.2) is 21.7 Å². The van der Waals surface area contributed by atoms with E-state index in [1.807, 2.05) is 83.6 Å². The van der Waals surface area contributed by atoms with E-state index in [0.29, 0.717) is 5.56 Å². The molecule has 0 spiro atoms. The first-order chi connectivity index (χ1) is 13.3. The second-order valence-electron chi connectivity index (χ2n) is 6.47. The number of nitrogens with one attached hydrogen (secondary N) is 1. The van der Waals surface area contributed by atoms with Gasteiger partial charge in [-0.25, -0.2) is 4.98 Å². The minimum Gasteiger partial charge on any atom is -0.322 e. The van der Waals surface area contributed by atoms with Crippen LogP contribution < -0.4 is 5.32 Å². The molecule has 5 nitrogen and oxygen atoms in total. The summed E-state index contributed by atoms with van der Waals surface area (Å²) in [6, 6.07) is 23.5. The summed E-state index contributed by atoms with van der Waals surface area (Å²) >= 11 is 0. The molecule has 0 radical (unpaired) electrons. The molecule has 1 N–H and O–H groups in total. The number of hydrogen-bond donors (Lipinski definition) is 1. The first-order valence-electron chi connectivity index (χ1n) is 8.75. The van der Waals surface area contributed by atoms with Gasteiger partial charge in [0.2, 0.25) is 0 Å². The summed E-state index contributed by atoms with van der Waals surface area (Å²) in [6.07, 6.45) is 3.69. The van der Waals surface area contributed by atoms with E-state index in [9.17, 15) is 4.79 Å². The lowest BCUT2D eigenvalue weighted by Gasteiger charge is -2.09. The molecule has 0 saturated heterocycles. The van der Waals surface area contributed by atoms with Gasteiger partial charge in [0.15, 0.2) is 0 Å². The second kappa shape index (κ2) is 6.21. The maximum Gasteiger partial charge on any atom is 0.255 e. The topological polar surface area (TPSA) is 59.3 Å². The van der Waals surface area contributed by atoms with Crippen molar-refractivity contribution >= 4 is 28.8 Å². The summed E-state index contributed by atoms with van der Waals surface area (Å²) in [7, 11) is 0. The van der Waals surface area contributed by atoms with Gasteiger partial charge in [0, 0.05) is 23.2 Å². The van der Waals surface area contributed by atoms with Crippen LogP contribution >= 0.6 is 0 Å². The van der Waals surface area contributed by atoms with E-state index in [4.69, 9.17) is 0 Å². The minimum absolute atomic E-state index is 0.133. The van der Waals surface area contributed by atoms with Crippen molar-refractivity contribution in [1.29, 1.82) is 0 Å². The Morgan fingerprint density at radius 3 is 2.59 bits per heavy atom. The zero-order valence-corrected chi connectivity index (χ0v) is 14.4. The first kappa shape index (κ1) is 15.5. The molecule has 4 aromatic rings. The molecule has 0 bridgehead atoms. The van der Waals surface area contributed by atoms with Crippen LogP contribution in [0.5, 0.6) is 0 Å². The highest BCUT2D eigenvalue weighted by Crippen LogP contribution is 2.25. The lowest BCUT2D eigenvalue weighted by atomic mass is 10.1. The van der Waals surface area contributed by atoms with Gasteiger partial charge in [-0.3, -0.25) is 14.4 Å². The number of aromatic nitrogens is 2. The van der Waals surface area contributed by atoms with E-state index in [1.165, 1.54) is 0 Å². The molecule has 27 heavy (non-hydrogen) atoms. The van der Waals surface area contributed by atoms with E-state index in [2.05, 4.69) is 15.3 Å². The molecular formula is C22H16N4O. The van der Waals surface area contributed by atoms with Gasteiger partial charge < -0.3 is 5.32 Å². The molecule has 0 fully saturated rings. The Labute approximate surface area is 156 Å². The molecule has 1 amide bonds. The molecule has 1 aromatic heterocycles. The SMILES string of the molecule is O=C(Nc1cccc(-n2cnc3ccccc32)c1)c1ccc(C2C=N2)cc1. The molecule has 1 aliphatic heterocycles. The van der Waals surface area contributed by atoms with Crippen LogP contribution in [0.15, 0.2) is 84.1 Å². The molecule has 1 atom stereocenters. The zero-order valence-electron chi connectivity index (χ0n) is 14.4. The number of anilines is 1. The molecule has 0 saturated carbocycles. The lowest BCUT2D eigenvalue weighted by molar-refractivity contribution is 0.102. The van der Waals surface area contributed by atoms with Crippen LogP contribution in [0.25, 0.3) is 16.7 Å². The summed E-state index contributed by atoms with van der Waals surface area (Å²) < 4.78 is 2.01. The lowest BCUT2D eigenvalue weighted by Crippen LogP contribution is -2.12. The Bertz CT molecular complexity index is 1170. The summed E-state index contributed by atoms with van der Waals surface area (Å²) in [5.41, 5.74) is 5.39. The number of rotatable bonds is 4. The number of hydrogen-bond acceptors (Lipinski definition) is 3. The van der Waals surface area contributed by atoms with Crippen molar-refractivity contribution in [3.63, 3.8) is 0 Å². The smallest absolute Gasteiger partial charge is 0.255 e. The average molecular weight is 352 g/mol. The number of amides is 1. The summed E-state index contributed by atoms with van der Waals surface area (Å²) in [6.45, 7) is 0. The number of para-hydroxylation sites is 2. The van der Waals surface area contributed by atoms with Crippen molar-refractivity contribution in [3.05, 3.63) is 90.3 Å². The van der Waals surface area contributed by atoms with E-state index < -0.39 is 0 Å². The third-order valence-electron chi connectivity index (χ3n) is 4.65. The molecule has 1 unspecified atom stereocenters. The molecule has 130 valence electrons. The highest BCUT2D eigenvalue weighted by molar-refractivity contribution is 6.04. The van der Waals surface area contributed by atoms with Gasteiger partial charge in [-0.1, -0.05) is 30.3 Å². The van der Waals surface area contributed by atoms with E-state index >= 15 is 0 Å².